The van der Waals surface area contributed by atoms with E-state index in [9.17, 15) is 9.50 Å². The number of aliphatic hydroxyl groups excluding tert-OH is 2. The van der Waals surface area contributed by atoms with Gasteiger partial charge in [0.2, 0.25) is 0 Å². The van der Waals surface area contributed by atoms with Crippen molar-refractivity contribution in [3.8, 4) is 0 Å². The van der Waals surface area contributed by atoms with Crippen molar-refractivity contribution in [3.63, 3.8) is 0 Å². The van der Waals surface area contributed by atoms with Gasteiger partial charge >= 0.3 is 0 Å². The minimum atomic E-state index is -1.64. The standard InChI is InChI=1S/C10H11FN4O3/c11-7-8(17)6(2-16)18-10(7)15-4-14-5-1-12-3-13-9(5)15/h1,3-4,6-8,10,16-17H,2H2/t6?,7-,8?,10+/m0/s1. The highest BCUT2D eigenvalue weighted by atomic mass is 19.1. The van der Waals surface area contributed by atoms with Crippen molar-refractivity contribution in [3.05, 3.63) is 18.9 Å². The first-order chi connectivity index (χ1) is 8.72. The van der Waals surface area contributed by atoms with Crippen LogP contribution in [0.3, 0.4) is 0 Å². The Labute approximate surface area is 101 Å². The fourth-order valence-corrected chi connectivity index (χ4v) is 2.05. The smallest absolute Gasteiger partial charge is 0.173 e. The minimum Gasteiger partial charge on any atom is -0.394 e. The molecular weight excluding hydrogens is 243 g/mol. The first-order valence-corrected chi connectivity index (χ1v) is 5.43. The van der Waals surface area contributed by atoms with Crippen LogP contribution >= 0.6 is 0 Å². The van der Waals surface area contributed by atoms with E-state index in [1.54, 1.807) is 0 Å². The third kappa shape index (κ3) is 1.57. The molecule has 8 heteroatoms. The van der Waals surface area contributed by atoms with Crippen LogP contribution in [0.15, 0.2) is 18.9 Å². The predicted molar refractivity (Wildman–Crippen MR) is 57.2 cm³/mol. The first-order valence-electron chi connectivity index (χ1n) is 5.43. The van der Waals surface area contributed by atoms with Gasteiger partial charge in [-0.25, -0.2) is 19.3 Å². The molecule has 2 aromatic rings. The van der Waals surface area contributed by atoms with Crippen LogP contribution in [0, 0.1) is 0 Å². The van der Waals surface area contributed by atoms with Crippen LogP contribution < -0.4 is 0 Å². The topological polar surface area (TPSA) is 93.3 Å². The number of rotatable bonds is 2. The maximum absolute atomic E-state index is 13.9. The van der Waals surface area contributed by atoms with Crippen molar-refractivity contribution in [1.82, 2.24) is 19.5 Å². The lowest BCUT2D eigenvalue weighted by Gasteiger charge is -2.14. The number of aromatic nitrogens is 4. The zero-order valence-electron chi connectivity index (χ0n) is 9.22. The fourth-order valence-electron chi connectivity index (χ4n) is 2.05. The normalized spacial score (nSPS) is 32.2. The Bertz CT molecular complexity index is 563. The van der Waals surface area contributed by atoms with E-state index in [0.717, 1.165) is 0 Å². The van der Waals surface area contributed by atoms with Gasteiger partial charge in [0.05, 0.1) is 19.1 Å². The average Bonchev–Trinajstić information content (AvgIpc) is 2.93. The molecule has 3 rings (SSSR count). The summed E-state index contributed by atoms with van der Waals surface area (Å²) < 4.78 is 20.6. The molecule has 96 valence electrons. The lowest BCUT2D eigenvalue weighted by molar-refractivity contribution is -0.0459. The molecule has 2 N–H and O–H groups in total. The molecule has 4 atom stereocenters. The van der Waals surface area contributed by atoms with Crippen LogP contribution in [0.4, 0.5) is 4.39 Å². The number of hydrogen-bond acceptors (Lipinski definition) is 6. The highest BCUT2D eigenvalue weighted by molar-refractivity contribution is 5.68. The summed E-state index contributed by atoms with van der Waals surface area (Å²) in [7, 11) is 0. The van der Waals surface area contributed by atoms with Crippen molar-refractivity contribution < 1.29 is 19.3 Å². The van der Waals surface area contributed by atoms with Gasteiger partial charge in [-0.15, -0.1) is 0 Å². The third-order valence-corrected chi connectivity index (χ3v) is 2.99. The van der Waals surface area contributed by atoms with Gasteiger partial charge in [0, 0.05) is 0 Å². The van der Waals surface area contributed by atoms with Crippen LogP contribution in [0.5, 0.6) is 0 Å². The molecule has 2 unspecified atom stereocenters. The van der Waals surface area contributed by atoms with Crippen molar-refractivity contribution in [2.24, 2.45) is 0 Å². The van der Waals surface area contributed by atoms with Gasteiger partial charge in [-0.2, -0.15) is 0 Å². The van der Waals surface area contributed by atoms with Crippen LogP contribution in [-0.4, -0.2) is 54.7 Å². The van der Waals surface area contributed by atoms with Gasteiger partial charge in [0.25, 0.3) is 0 Å². The Morgan fingerprint density at radius 3 is 3.00 bits per heavy atom. The van der Waals surface area contributed by atoms with Crippen molar-refractivity contribution in [2.75, 3.05) is 6.61 Å². The first kappa shape index (κ1) is 11.5. The van der Waals surface area contributed by atoms with Gasteiger partial charge in [0.1, 0.15) is 24.1 Å². The Morgan fingerprint density at radius 1 is 1.44 bits per heavy atom. The van der Waals surface area contributed by atoms with E-state index in [1.165, 1.54) is 23.4 Å². The van der Waals surface area contributed by atoms with Gasteiger partial charge < -0.3 is 14.9 Å². The Balaban J connectivity index is 2.00. The van der Waals surface area contributed by atoms with Crippen LogP contribution in [0.1, 0.15) is 6.23 Å². The molecule has 0 aliphatic carbocycles. The van der Waals surface area contributed by atoms with Gasteiger partial charge in [-0.3, -0.25) is 4.57 Å². The molecule has 0 bridgehead atoms. The molecule has 1 fully saturated rings. The van der Waals surface area contributed by atoms with Gasteiger partial charge in [0.15, 0.2) is 18.0 Å². The van der Waals surface area contributed by atoms with Crippen LogP contribution in [0.2, 0.25) is 0 Å². The molecule has 18 heavy (non-hydrogen) atoms. The highest BCUT2D eigenvalue weighted by Gasteiger charge is 2.45. The summed E-state index contributed by atoms with van der Waals surface area (Å²) in [5.41, 5.74) is 0.929. The van der Waals surface area contributed by atoms with E-state index in [4.69, 9.17) is 9.84 Å². The molecule has 0 radical (unpaired) electrons. The third-order valence-electron chi connectivity index (χ3n) is 2.99. The summed E-state index contributed by atoms with van der Waals surface area (Å²) in [5.74, 6) is 0. The number of hydrogen-bond donors (Lipinski definition) is 2. The molecule has 0 saturated carbocycles. The van der Waals surface area contributed by atoms with Crippen molar-refractivity contribution in [1.29, 1.82) is 0 Å². The molecule has 1 saturated heterocycles. The largest absolute Gasteiger partial charge is 0.394 e. The molecule has 0 spiro atoms. The molecule has 0 aromatic carbocycles. The molecule has 0 amide bonds. The molecule has 3 heterocycles. The summed E-state index contributed by atoms with van der Waals surface area (Å²) in [4.78, 5) is 11.8. The van der Waals surface area contributed by atoms with E-state index in [0.29, 0.717) is 11.2 Å². The Kier molecular flexibility index (Phi) is 2.69. The van der Waals surface area contributed by atoms with Crippen molar-refractivity contribution in [2.45, 2.75) is 24.6 Å². The number of alkyl halides is 1. The maximum Gasteiger partial charge on any atom is 0.173 e. The second-order valence-electron chi connectivity index (χ2n) is 4.07. The Morgan fingerprint density at radius 2 is 2.28 bits per heavy atom. The molecular formula is C10H11FN4O3. The summed E-state index contributed by atoms with van der Waals surface area (Å²) in [6, 6.07) is 0. The zero-order chi connectivity index (χ0) is 12.7. The number of ether oxygens (including phenoxy) is 1. The van der Waals surface area contributed by atoms with Crippen LogP contribution in [0.25, 0.3) is 11.2 Å². The maximum atomic E-state index is 13.9. The second kappa shape index (κ2) is 4.23. The summed E-state index contributed by atoms with van der Waals surface area (Å²) in [5, 5.41) is 18.6. The zero-order valence-corrected chi connectivity index (χ0v) is 9.22. The number of aliphatic hydroxyl groups is 2. The lowest BCUT2D eigenvalue weighted by Crippen LogP contribution is -2.30. The quantitative estimate of drug-likeness (QED) is 0.744. The summed E-state index contributed by atoms with van der Waals surface area (Å²) in [6.07, 6.45) is -0.790. The van der Waals surface area contributed by atoms with Crippen LogP contribution in [-0.2, 0) is 4.74 Å². The van der Waals surface area contributed by atoms with E-state index in [-0.39, 0.29) is 0 Å². The Hall–Kier alpha value is -1.64. The monoisotopic (exact) mass is 254 g/mol. The molecule has 7 nitrogen and oxygen atoms in total. The number of nitrogens with zero attached hydrogens (tertiary/aromatic N) is 4. The van der Waals surface area contributed by atoms with Gasteiger partial charge in [-0.1, -0.05) is 0 Å². The fraction of sp³-hybridized carbons (Fsp3) is 0.500. The van der Waals surface area contributed by atoms with E-state index in [2.05, 4.69) is 15.0 Å². The molecule has 2 aromatic heterocycles. The number of fused-ring (bicyclic) bond motifs is 1. The summed E-state index contributed by atoms with van der Waals surface area (Å²) in [6.45, 7) is -0.445. The van der Waals surface area contributed by atoms with E-state index in [1.807, 2.05) is 0 Å². The predicted octanol–water partition coefficient (Wildman–Crippen LogP) is -0.585. The molecule has 1 aliphatic rings. The number of halogens is 1. The van der Waals surface area contributed by atoms with Gasteiger partial charge in [-0.05, 0) is 0 Å². The minimum absolute atomic E-state index is 0.420. The second-order valence-corrected chi connectivity index (χ2v) is 4.07. The summed E-state index contributed by atoms with van der Waals surface area (Å²) >= 11 is 0. The average molecular weight is 254 g/mol. The SMILES string of the molecule is OCC1O[C@@H](n2cnc3cncnc32)[C@@H](F)C1O. The van der Waals surface area contributed by atoms with Crippen molar-refractivity contribution >= 4 is 11.2 Å². The molecule has 1 aliphatic heterocycles. The lowest BCUT2D eigenvalue weighted by atomic mass is 10.1. The number of imidazole rings is 1. The van der Waals surface area contributed by atoms with E-state index < -0.39 is 31.2 Å². The highest BCUT2D eigenvalue weighted by Crippen LogP contribution is 2.33. The van der Waals surface area contributed by atoms with E-state index >= 15 is 0 Å².